The van der Waals surface area contributed by atoms with E-state index >= 15 is 0 Å². The molecule has 0 saturated carbocycles. The van der Waals surface area contributed by atoms with Crippen LogP contribution >= 0.6 is 0 Å². The van der Waals surface area contributed by atoms with E-state index in [9.17, 15) is 9.18 Å². The molecule has 0 aliphatic carbocycles. The number of fused-ring (bicyclic) bond motifs is 1. The van der Waals surface area contributed by atoms with Crippen molar-refractivity contribution in [3.8, 4) is 11.1 Å². The van der Waals surface area contributed by atoms with E-state index in [2.05, 4.69) is 37.4 Å². The average molecular weight is 509 g/mol. The Kier molecular flexibility index (Phi) is 6.71. The standard InChI is InChI=1S/C30H29FN6O/c31-26-10-5-11-36(20-26)17-22-8-4-9-23(12-22)24-13-27-28(16-33-29(27)32-14-24)35-30(38)25-15-34-37(19-25)18-21-6-2-1-3-7-21/h1-4,6-9,12-16,19,26H,5,10-11,17-18,20H2,(H,32,33)(H,35,38). The Balaban J connectivity index is 1.18. The van der Waals surface area contributed by atoms with Gasteiger partial charge in [0.05, 0.1) is 24.0 Å². The van der Waals surface area contributed by atoms with Crippen LogP contribution in [0, 0.1) is 0 Å². The number of likely N-dealkylation sites (tertiary alicyclic amines) is 1. The van der Waals surface area contributed by atoms with Crippen LogP contribution < -0.4 is 5.32 Å². The molecule has 2 N–H and O–H groups in total. The SMILES string of the molecule is O=C(Nc1c[nH]c2ncc(-c3cccc(CN4CCCC(F)C4)c3)cc12)c1cnn(Cc2ccccc2)c1. The van der Waals surface area contributed by atoms with E-state index in [1.165, 1.54) is 0 Å². The fourth-order valence-corrected chi connectivity index (χ4v) is 5.05. The van der Waals surface area contributed by atoms with Gasteiger partial charge in [0.25, 0.3) is 5.91 Å². The van der Waals surface area contributed by atoms with Crippen molar-refractivity contribution in [2.45, 2.75) is 32.1 Å². The molecule has 38 heavy (non-hydrogen) atoms. The van der Waals surface area contributed by atoms with Crippen LogP contribution in [0.3, 0.4) is 0 Å². The van der Waals surface area contributed by atoms with E-state index in [1.54, 1.807) is 23.3 Å². The number of hydrogen-bond acceptors (Lipinski definition) is 4. The number of halogens is 1. The zero-order chi connectivity index (χ0) is 25.9. The predicted molar refractivity (Wildman–Crippen MR) is 147 cm³/mol. The monoisotopic (exact) mass is 508 g/mol. The number of carbonyl (C=O) groups is 1. The van der Waals surface area contributed by atoms with Crippen molar-refractivity contribution in [1.82, 2.24) is 24.6 Å². The molecule has 1 fully saturated rings. The number of aromatic amines is 1. The molecule has 1 unspecified atom stereocenters. The van der Waals surface area contributed by atoms with E-state index in [-0.39, 0.29) is 5.91 Å². The van der Waals surface area contributed by atoms with Gasteiger partial charge in [-0.25, -0.2) is 9.37 Å². The second-order valence-electron chi connectivity index (χ2n) is 9.86. The number of H-pyrrole nitrogens is 1. The van der Waals surface area contributed by atoms with Crippen LogP contribution in [0.1, 0.15) is 34.3 Å². The van der Waals surface area contributed by atoms with Crippen LogP contribution in [0.15, 0.2) is 85.5 Å². The van der Waals surface area contributed by atoms with Crippen LogP contribution in [0.2, 0.25) is 0 Å². The topological polar surface area (TPSA) is 78.8 Å². The summed E-state index contributed by atoms with van der Waals surface area (Å²) in [5, 5.41) is 8.17. The number of benzene rings is 2. The lowest BCUT2D eigenvalue weighted by Crippen LogP contribution is -2.35. The number of carbonyl (C=O) groups excluding carboxylic acids is 1. The van der Waals surface area contributed by atoms with E-state index in [0.29, 0.717) is 36.4 Å². The van der Waals surface area contributed by atoms with Crippen molar-refractivity contribution in [2.75, 3.05) is 18.4 Å². The molecule has 1 aliphatic rings. The Morgan fingerprint density at radius 3 is 2.76 bits per heavy atom. The molecule has 7 nitrogen and oxygen atoms in total. The number of hydrogen-bond donors (Lipinski definition) is 2. The van der Waals surface area contributed by atoms with E-state index in [1.807, 2.05) is 54.7 Å². The Hall–Kier alpha value is -4.30. The first kappa shape index (κ1) is 24.1. The molecule has 0 radical (unpaired) electrons. The highest BCUT2D eigenvalue weighted by atomic mass is 19.1. The largest absolute Gasteiger partial charge is 0.344 e. The van der Waals surface area contributed by atoms with Crippen molar-refractivity contribution < 1.29 is 9.18 Å². The molecule has 5 aromatic rings. The van der Waals surface area contributed by atoms with Gasteiger partial charge < -0.3 is 10.3 Å². The second-order valence-corrected chi connectivity index (χ2v) is 9.86. The molecule has 6 rings (SSSR count). The van der Waals surface area contributed by atoms with Crippen LogP contribution in [0.25, 0.3) is 22.2 Å². The summed E-state index contributed by atoms with van der Waals surface area (Å²) in [4.78, 5) is 22.9. The van der Waals surface area contributed by atoms with Gasteiger partial charge in [-0.3, -0.25) is 14.4 Å². The number of amides is 1. The number of piperidine rings is 1. The van der Waals surface area contributed by atoms with Crippen molar-refractivity contribution in [2.24, 2.45) is 0 Å². The van der Waals surface area contributed by atoms with Crippen LogP contribution in [0.4, 0.5) is 10.1 Å². The lowest BCUT2D eigenvalue weighted by Gasteiger charge is -2.28. The molecule has 192 valence electrons. The van der Waals surface area contributed by atoms with Gasteiger partial charge in [-0.1, -0.05) is 48.5 Å². The van der Waals surface area contributed by atoms with Crippen molar-refractivity contribution >= 4 is 22.6 Å². The molecule has 2 aromatic carbocycles. The summed E-state index contributed by atoms with van der Waals surface area (Å²) in [5.41, 5.74) is 6.09. The molecule has 3 aromatic heterocycles. The van der Waals surface area contributed by atoms with Gasteiger partial charge in [0.1, 0.15) is 11.8 Å². The Labute approximate surface area is 220 Å². The van der Waals surface area contributed by atoms with Crippen LogP contribution in [0.5, 0.6) is 0 Å². The molecule has 1 amide bonds. The molecular weight excluding hydrogens is 479 g/mol. The number of alkyl halides is 1. The molecule has 1 aliphatic heterocycles. The lowest BCUT2D eigenvalue weighted by atomic mass is 10.0. The third-order valence-electron chi connectivity index (χ3n) is 6.98. The minimum Gasteiger partial charge on any atom is -0.344 e. The van der Waals surface area contributed by atoms with Gasteiger partial charge in [0.15, 0.2) is 0 Å². The summed E-state index contributed by atoms with van der Waals surface area (Å²) in [6.07, 6.45) is 7.74. The van der Waals surface area contributed by atoms with E-state index in [4.69, 9.17) is 0 Å². The average Bonchev–Trinajstić information content (AvgIpc) is 3.56. The lowest BCUT2D eigenvalue weighted by molar-refractivity contribution is 0.102. The molecule has 0 spiro atoms. The van der Waals surface area contributed by atoms with E-state index in [0.717, 1.165) is 47.2 Å². The predicted octanol–water partition coefficient (Wildman–Crippen LogP) is 5.66. The highest BCUT2D eigenvalue weighted by Gasteiger charge is 2.19. The van der Waals surface area contributed by atoms with Gasteiger partial charge in [-0.05, 0) is 48.2 Å². The zero-order valence-corrected chi connectivity index (χ0v) is 21.0. The summed E-state index contributed by atoms with van der Waals surface area (Å²) < 4.78 is 15.6. The molecule has 1 saturated heterocycles. The summed E-state index contributed by atoms with van der Waals surface area (Å²) >= 11 is 0. The fraction of sp³-hybridized carbons (Fsp3) is 0.233. The highest BCUT2D eigenvalue weighted by molar-refractivity contribution is 6.08. The third kappa shape index (κ3) is 5.35. The zero-order valence-electron chi connectivity index (χ0n) is 21.0. The summed E-state index contributed by atoms with van der Waals surface area (Å²) in [5.74, 6) is -0.231. The smallest absolute Gasteiger partial charge is 0.258 e. The Morgan fingerprint density at radius 2 is 1.89 bits per heavy atom. The van der Waals surface area contributed by atoms with Crippen LogP contribution in [-0.2, 0) is 13.1 Å². The fourth-order valence-electron chi connectivity index (χ4n) is 5.05. The normalized spacial score (nSPS) is 16.1. The van der Waals surface area contributed by atoms with E-state index < -0.39 is 6.17 Å². The van der Waals surface area contributed by atoms with Crippen LogP contribution in [-0.4, -0.2) is 49.8 Å². The Bertz CT molecular complexity index is 1560. The number of nitrogens with one attached hydrogen (secondary N) is 2. The molecule has 1 atom stereocenters. The maximum absolute atomic E-state index is 13.8. The minimum atomic E-state index is -0.737. The third-order valence-corrected chi connectivity index (χ3v) is 6.98. The van der Waals surface area contributed by atoms with Gasteiger partial charge in [-0.15, -0.1) is 0 Å². The first-order valence-corrected chi connectivity index (χ1v) is 12.9. The van der Waals surface area contributed by atoms with Crippen molar-refractivity contribution in [1.29, 1.82) is 0 Å². The van der Waals surface area contributed by atoms with Gasteiger partial charge >= 0.3 is 0 Å². The van der Waals surface area contributed by atoms with Gasteiger partial charge in [0, 0.05) is 42.6 Å². The molecule has 0 bridgehead atoms. The maximum atomic E-state index is 13.8. The maximum Gasteiger partial charge on any atom is 0.258 e. The minimum absolute atomic E-state index is 0.231. The molecular formula is C30H29FN6O. The van der Waals surface area contributed by atoms with Crippen molar-refractivity contribution in [3.05, 3.63) is 102 Å². The first-order valence-electron chi connectivity index (χ1n) is 12.9. The number of nitrogens with zero attached hydrogens (tertiary/aromatic N) is 4. The number of rotatable bonds is 7. The number of pyridine rings is 1. The summed E-state index contributed by atoms with van der Waals surface area (Å²) in [6, 6.07) is 20.3. The highest BCUT2D eigenvalue weighted by Crippen LogP contribution is 2.29. The second kappa shape index (κ2) is 10.6. The first-order chi connectivity index (χ1) is 18.6. The summed E-state index contributed by atoms with van der Waals surface area (Å²) in [6.45, 7) is 2.75. The molecule has 8 heteroatoms. The Morgan fingerprint density at radius 1 is 1.03 bits per heavy atom. The number of anilines is 1. The molecule has 4 heterocycles. The van der Waals surface area contributed by atoms with Gasteiger partial charge in [-0.2, -0.15) is 5.10 Å². The quantitative estimate of drug-likeness (QED) is 0.297. The van der Waals surface area contributed by atoms with Crippen molar-refractivity contribution in [3.63, 3.8) is 0 Å². The summed E-state index contributed by atoms with van der Waals surface area (Å²) in [7, 11) is 0. The van der Waals surface area contributed by atoms with Gasteiger partial charge in [0.2, 0.25) is 0 Å². The number of aromatic nitrogens is 4.